The van der Waals surface area contributed by atoms with Crippen LogP contribution in [0.1, 0.15) is 29.8 Å². The minimum Gasteiger partial charge on any atom is -0.490 e. The Morgan fingerprint density at radius 1 is 1.14 bits per heavy atom. The van der Waals surface area contributed by atoms with Gasteiger partial charge in [-0.3, -0.25) is 25.1 Å². The quantitative estimate of drug-likeness (QED) is 0.513. The molecular weight excluding hydrogens is 376 g/mol. The first kappa shape index (κ1) is 18.9. The molecule has 29 heavy (non-hydrogen) atoms. The van der Waals surface area contributed by atoms with Gasteiger partial charge in [0.1, 0.15) is 5.52 Å². The molecule has 0 spiro atoms. The maximum atomic E-state index is 11.6. The van der Waals surface area contributed by atoms with Crippen molar-refractivity contribution in [2.75, 3.05) is 13.7 Å². The van der Waals surface area contributed by atoms with Crippen LogP contribution in [0.2, 0.25) is 0 Å². The number of rotatable bonds is 5. The molecule has 0 bridgehead atoms. The molecule has 0 saturated carbocycles. The number of ether oxygens (including phenoxy) is 1. The van der Waals surface area contributed by atoms with Gasteiger partial charge in [0.25, 0.3) is 5.69 Å². The Balaban J connectivity index is 1.67. The fourth-order valence-corrected chi connectivity index (χ4v) is 4.08. The summed E-state index contributed by atoms with van der Waals surface area (Å²) in [5, 5.41) is 23.3. The van der Waals surface area contributed by atoms with E-state index in [-0.39, 0.29) is 23.2 Å². The van der Waals surface area contributed by atoms with E-state index in [1.807, 2.05) is 6.07 Å². The van der Waals surface area contributed by atoms with Crippen LogP contribution in [0.5, 0.6) is 5.75 Å². The number of H-pyrrole nitrogens is 1. The Morgan fingerprint density at radius 3 is 2.48 bits per heavy atom. The molecule has 1 aromatic heterocycles. The Hall–Kier alpha value is -3.46. The van der Waals surface area contributed by atoms with Crippen molar-refractivity contribution >= 4 is 22.3 Å². The summed E-state index contributed by atoms with van der Waals surface area (Å²) in [6, 6.07) is 10.1. The van der Waals surface area contributed by atoms with Crippen LogP contribution in [0.15, 0.2) is 36.4 Å². The van der Waals surface area contributed by atoms with E-state index in [0.29, 0.717) is 12.1 Å². The number of fused-ring (bicyclic) bond motifs is 3. The molecule has 1 aliphatic rings. The van der Waals surface area contributed by atoms with Crippen molar-refractivity contribution < 1.29 is 14.6 Å². The predicted molar refractivity (Wildman–Crippen MR) is 107 cm³/mol. The fourth-order valence-electron chi connectivity index (χ4n) is 4.08. The Morgan fingerprint density at radius 2 is 1.86 bits per heavy atom. The lowest BCUT2D eigenvalue weighted by Gasteiger charge is -2.33. The largest absolute Gasteiger partial charge is 0.490 e. The molecule has 3 aromatic rings. The van der Waals surface area contributed by atoms with Crippen molar-refractivity contribution in [3.8, 4) is 5.75 Å². The van der Waals surface area contributed by atoms with E-state index in [2.05, 4.69) is 16.8 Å². The van der Waals surface area contributed by atoms with Gasteiger partial charge in [0.05, 0.1) is 17.0 Å². The monoisotopic (exact) mass is 396 g/mol. The standard InChI is InChI=1S/C20H20N4O5/c1-12-18-16(15-7-8-17(29-2)20(24(27)28)19(15)21-18)9-10-22(12)11-13-3-5-14(6-4-13)23(25)26/h3-8,12,21H,9-11H2,1-2H3. The Labute approximate surface area is 166 Å². The average Bonchev–Trinajstić information content (AvgIpc) is 3.08. The fraction of sp³-hybridized carbons (Fsp3) is 0.300. The van der Waals surface area contributed by atoms with Crippen LogP contribution in [-0.2, 0) is 13.0 Å². The van der Waals surface area contributed by atoms with Crippen molar-refractivity contribution in [1.82, 2.24) is 9.88 Å². The highest BCUT2D eigenvalue weighted by atomic mass is 16.6. The third-order valence-corrected chi connectivity index (χ3v) is 5.60. The number of nitro benzene ring substituents is 2. The molecule has 2 heterocycles. The van der Waals surface area contributed by atoms with E-state index in [4.69, 9.17) is 4.74 Å². The van der Waals surface area contributed by atoms with Gasteiger partial charge in [-0.1, -0.05) is 12.1 Å². The van der Waals surface area contributed by atoms with E-state index in [1.165, 1.54) is 19.2 Å². The van der Waals surface area contributed by atoms with Gasteiger partial charge in [-0.25, -0.2) is 0 Å². The van der Waals surface area contributed by atoms with Gasteiger partial charge >= 0.3 is 5.69 Å². The summed E-state index contributed by atoms with van der Waals surface area (Å²) in [4.78, 5) is 27.2. The molecule has 0 amide bonds. The minimum absolute atomic E-state index is 0.0203. The van der Waals surface area contributed by atoms with Gasteiger partial charge < -0.3 is 9.72 Å². The zero-order valence-electron chi connectivity index (χ0n) is 16.0. The van der Waals surface area contributed by atoms with E-state index in [9.17, 15) is 20.2 Å². The predicted octanol–water partition coefficient (Wildman–Crippen LogP) is 4.11. The molecule has 1 N–H and O–H groups in total. The van der Waals surface area contributed by atoms with Crippen molar-refractivity contribution in [3.05, 3.63) is 73.4 Å². The van der Waals surface area contributed by atoms with E-state index >= 15 is 0 Å². The van der Waals surface area contributed by atoms with Crippen LogP contribution >= 0.6 is 0 Å². The molecule has 0 radical (unpaired) electrons. The summed E-state index contributed by atoms with van der Waals surface area (Å²) in [5.74, 6) is 0.233. The molecule has 9 heteroatoms. The van der Waals surface area contributed by atoms with Crippen LogP contribution in [0.4, 0.5) is 11.4 Å². The second kappa shape index (κ2) is 7.17. The van der Waals surface area contributed by atoms with E-state index in [0.717, 1.165) is 35.2 Å². The summed E-state index contributed by atoms with van der Waals surface area (Å²) >= 11 is 0. The third kappa shape index (κ3) is 3.19. The molecule has 9 nitrogen and oxygen atoms in total. The second-order valence-electron chi connectivity index (χ2n) is 7.13. The first-order chi connectivity index (χ1) is 13.9. The number of benzene rings is 2. The van der Waals surface area contributed by atoms with Gasteiger partial charge in [0.2, 0.25) is 0 Å². The van der Waals surface area contributed by atoms with E-state index in [1.54, 1.807) is 18.2 Å². The Bertz CT molecular complexity index is 1110. The highest BCUT2D eigenvalue weighted by Crippen LogP contribution is 2.41. The number of hydrogen-bond acceptors (Lipinski definition) is 6. The first-order valence-electron chi connectivity index (χ1n) is 9.24. The first-order valence-corrected chi connectivity index (χ1v) is 9.24. The van der Waals surface area contributed by atoms with Crippen LogP contribution in [0.25, 0.3) is 10.9 Å². The molecule has 150 valence electrons. The number of aromatic amines is 1. The van der Waals surface area contributed by atoms with E-state index < -0.39 is 9.85 Å². The van der Waals surface area contributed by atoms with Crippen LogP contribution in [0.3, 0.4) is 0 Å². The lowest BCUT2D eigenvalue weighted by molar-refractivity contribution is -0.384. The summed E-state index contributed by atoms with van der Waals surface area (Å²) in [6.45, 7) is 3.49. The SMILES string of the molecule is COc1ccc2c3c([nH]c2c1[N+](=O)[O-])C(C)N(Cc1ccc([N+](=O)[O-])cc1)CC3. The topological polar surface area (TPSA) is 115 Å². The number of nitrogens with zero attached hydrogens (tertiary/aromatic N) is 3. The second-order valence-corrected chi connectivity index (χ2v) is 7.13. The lowest BCUT2D eigenvalue weighted by Crippen LogP contribution is -2.33. The van der Waals surface area contributed by atoms with Crippen LogP contribution < -0.4 is 4.74 Å². The van der Waals surface area contributed by atoms with Gasteiger partial charge in [-0.2, -0.15) is 0 Å². The summed E-state index contributed by atoms with van der Waals surface area (Å²) in [5.41, 5.74) is 3.55. The maximum Gasteiger partial charge on any atom is 0.334 e. The van der Waals surface area contributed by atoms with Gasteiger partial charge in [0.15, 0.2) is 5.75 Å². The molecule has 1 aliphatic heterocycles. The van der Waals surface area contributed by atoms with Crippen molar-refractivity contribution in [1.29, 1.82) is 0 Å². The number of methoxy groups -OCH3 is 1. The molecule has 0 aliphatic carbocycles. The third-order valence-electron chi connectivity index (χ3n) is 5.60. The number of nitro groups is 2. The minimum atomic E-state index is -0.414. The molecular formula is C20H20N4O5. The van der Waals surface area contributed by atoms with Crippen LogP contribution in [0, 0.1) is 20.2 Å². The lowest BCUT2D eigenvalue weighted by atomic mass is 9.97. The smallest absolute Gasteiger partial charge is 0.334 e. The van der Waals surface area contributed by atoms with Gasteiger partial charge in [-0.05, 0) is 36.6 Å². The van der Waals surface area contributed by atoms with Crippen molar-refractivity contribution in [3.63, 3.8) is 0 Å². The highest BCUT2D eigenvalue weighted by molar-refractivity contribution is 5.94. The molecule has 1 atom stereocenters. The average molecular weight is 396 g/mol. The highest BCUT2D eigenvalue weighted by Gasteiger charge is 2.31. The van der Waals surface area contributed by atoms with Gasteiger partial charge in [-0.15, -0.1) is 0 Å². The molecule has 0 saturated heterocycles. The number of non-ortho nitro benzene ring substituents is 1. The number of nitrogens with one attached hydrogen (secondary N) is 1. The summed E-state index contributed by atoms with van der Waals surface area (Å²) in [6.07, 6.45) is 0.760. The molecule has 2 aromatic carbocycles. The molecule has 4 rings (SSSR count). The maximum absolute atomic E-state index is 11.6. The normalized spacial score (nSPS) is 16.6. The number of aromatic nitrogens is 1. The zero-order valence-corrected chi connectivity index (χ0v) is 16.0. The Kier molecular flexibility index (Phi) is 4.67. The van der Waals surface area contributed by atoms with Gasteiger partial charge in [0, 0.05) is 42.3 Å². The van der Waals surface area contributed by atoms with Crippen molar-refractivity contribution in [2.45, 2.75) is 25.9 Å². The van der Waals surface area contributed by atoms with Crippen molar-refractivity contribution in [2.24, 2.45) is 0 Å². The molecule has 1 unspecified atom stereocenters. The summed E-state index contributed by atoms with van der Waals surface area (Å²) < 4.78 is 5.18. The van der Waals surface area contributed by atoms with Crippen LogP contribution in [-0.4, -0.2) is 33.4 Å². The molecule has 0 fully saturated rings. The number of hydrogen-bond donors (Lipinski definition) is 1. The zero-order chi connectivity index (χ0) is 20.7. The summed E-state index contributed by atoms with van der Waals surface area (Å²) in [7, 11) is 1.42.